The van der Waals surface area contributed by atoms with E-state index in [0.29, 0.717) is 21.8 Å². The average Bonchev–Trinajstić information content (AvgIpc) is 2.99. The molecule has 0 radical (unpaired) electrons. The molecule has 206 valence electrons. The van der Waals surface area contributed by atoms with Crippen LogP contribution in [-0.4, -0.2) is 28.7 Å². The van der Waals surface area contributed by atoms with Gasteiger partial charge in [0.2, 0.25) is 11.4 Å². The molecule has 0 saturated carbocycles. The second-order valence-corrected chi connectivity index (χ2v) is 9.53. The van der Waals surface area contributed by atoms with Gasteiger partial charge in [0.15, 0.2) is 0 Å². The van der Waals surface area contributed by atoms with E-state index in [9.17, 15) is 23.6 Å². The summed E-state index contributed by atoms with van der Waals surface area (Å²) in [7, 11) is 0. The van der Waals surface area contributed by atoms with Gasteiger partial charge in [-0.3, -0.25) is 24.0 Å². The van der Waals surface area contributed by atoms with Crippen molar-refractivity contribution in [3.05, 3.63) is 131 Å². The summed E-state index contributed by atoms with van der Waals surface area (Å²) < 4.78 is 13.4. The number of nitrogens with one attached hydrogen (secondary N) is 2. The number of hydrogen-bond acceptors (Lipinski definition) is 5. The molecule has 2 N–H and O–H groups in total. The zero-order valence-corrected chi connectivity index (χ0v) is 22.1. The van der Waals surface area contributed by atoms with E-state index in [2.05, 4.69) is 10.6 Å². The van der Waals surface area contributed by atoms with E-state index in [1.807, 2.05) is 36.4 Å². The number of hydroxylamine groups is 2. The smallest absolute Gasteiger partial charge is 0.294 e. The summed E-state index contributed by atoms with van der Waals surface area (Å²) in [5.41, 5.74) is 0.433. The molecule has 0 aromatic heterocycles. The van der Waals surface area contributed by atoms with Gasteiger partial charge in [-0.25, -0.2) is 4.39 Å². The molecule has 0 aliphatic carbocycles. The Hall–Kier alpha value is -5.15. The van der Waals surface area contributed by atoms with E-state index in [1.165, 1.54) is 37.3 Å². The number of rotatable bonds is 8. The fourth-order valence-corrected chi connectivity index (χ4v) is 4.74. The summed E-state index contributed by atoms with van der Waals surface area (Å²) in [4.78, 5) is 60.0. The molecular weight excluding hydrogens is 525 g/mol. The topological polar surface area (TPSA) is 105 Å². The van der Waals surface area contributed by atoms with E-state index in [1.54, 1.807) is 36.4 Å². The molecule has 8 nitrogen and oxygen atoms in total. The number of carbonyl (C=O) groups excluding carboxylic acids is 4. The van der Waals surface area contributed by atoms with Gasteiger partial charge in [0, 0.05) is 24.6 Å². The van der Waals surface area contributed by atoms with Gasteiger partial charge in [0.1, 0.15) is 12.4 Å². The zero-order valence-electron chi connectivity index (χ0n) is 22.1. The SMILES string of the molecule is CC(=O)NC1(C(=O)NCc2ccc(F)cc2)C(=O)N(OCc2ccccc2)C(=O)c2cc(-c3ccccc3)ccc21. The number of amides is 4. The van der Waals surface area contributed by atoms with Crippen molar-refractivity contribution < 1.29 is 28.4 Å². The first-order valence-corrected chi connectivity index (χ1v) is 12.9. The van der Waals surface area contributed by atoms with E-state index in [4.69, 9.17) is 4.84 Å². The normalized spacial score (nSPS) is 16.2. The largest absolute Gasteiger partial charge is 0.349 e. The van der Waals surface area contributed by atoms with Gasteiger partial charge in [-0.15, -0.1) is 5.06 Å². The van der Waals surface area contributed by atoms with Crippen molar-refractivity contribution in [1.82, 2.24) is 15.7 Å². The van der Waals surface area contributed by atoms with Crippen LogP contribution < -0.4 is 10.6 Å². The first-order chi connectivity index (χ1) is 19.8. The third kappa shape index (κ3) is 5.48. The van der Waals surface area contributed by atoms with Gasteiger partial charge in [-0.2, -0.15) is 0 Å². The zero-order chi connectivity index (χ0) is 29.0. The monoisotopic (exact) mass is 551 g/mol. The summed E-state index contributed by atoms with van der Waals surface area (Å²) in [5, 5.41) is 5.73. The average molecular weight is 552 g/mol. The molecule has 0 bridgehead atoms. The summed E-state index contributed by atoms with van der Waals surface area (Å²) in [5.74, 6) is -3.83. The Labute approximate surface area is 235 Å². The van der Waals surface area contributed by atoms with Gasteiger partial charge in [-0.1, -0.05) is 84.9 Å². The quantitative estimate of drug-likeness (QED) is 0.252. The van der Waals surface area contributed by atoms with Crippen molar-refractivity contribution >= 4 is 23.6 Å². The van der Waals surface area contributed by atoms with Gasteiger partial charge in [-0.05, 0) is 40.5 Å². The second-order valence-electron chi connectivity index (χ2n) is 9.53. The highest BCUT2D eigenvalue weighted by Gasteiger charge is 2.57. The summed E-state index contributed by atoms with van der Waals surface area (Å²) >= 11 is 0. The number of carbonyl (C=O) groups is 4. The Balaban J connectivity index is 1.60. The minimum atomic E-state index is -2.32. The van der Waals surface area contributed by atoms with Crippen LogP contribution in [0.2, 0.25) is 0 Å². The highest BCUT2D eigenvalue weighted by atomic mass is 19.1. The van der Waals surface area contributed by atoms with Gasteiger partial charge < -0.3 is 10.6 Å². The Kier molecular flexibility index (Phi) is 7.71. The molecule has 5 rings (SSSR count). The Morgan fingerprint density at radius 1 is 0.829 bits per heavy atom. The van der Waals surface area contributed by atoms with Gasteiger partial charge in [0.25, 0.3) is 17.7 Å². The highest BCUT2D eigenvalue weighted by molar-refractivity contribution is 6.22. The number of halogens is 1. The van der Waals surface area contributed by atoms with Crippen molar-refractivity contribution in [1.29, 1.82) is 0 Å². The Morgan fingerprint density at radius 3 is 2.15 bits per heavy atom. The van der Waals surface area contributed by atoms with Crippen molar-refractivity contribution in [2.45, 2.75) is 25.6 Å². The summed E-state index contributed by atoms with van der Waals surface area (Å²) in [6, 6.07) is 28.4. The van der Waals surface area contributed by atoms with Crippen molar-refractivity contribution in [2.75, 3.05) is 0 Å². The molecule has 1 aliphatic heterocycles. The van der Waals surface area contributed by atoms with Crippen LogP contribution in [0.15, 0.2) is 103 Å². The van der Waals surface area contributed by atoms with Crippen LogP contribution in [0.5, 0.6) is 0 Å². The first-order valence-electron chi connectivity index (χ1n) is 12.9. The maximum Gasteiger partial charge on any atom is 0.294 e. The van der Waals surface area contributed by atoms with Gasteiger partial charge in [0.05, 0.1) is 0 Å². The maximum atomic E-state index is 14.1. The predicted octanol–water partition coefficient (Wildman–Crippen LogP) is 4.25. The molecular formula is C32H26FN3O5. The molecule has 1 atom stereocenters. The van der Waals surface area contributed by atoms with Crippen LogP contribution in [0.1, 0.15) is 34.0 Å². The molecule has 4 aromatic carbocycles. The lowest BCUT2D eigenvalue weighted by Crippen LogP contribution is -2.68. The molecule has 4 aromatic rings. The van der Waals surface area contributed by atoms with E-state index in [-0.39, 0.29) is 24.3 Å². The van der Waals surface area contributed by atoms with Crippen molar-refractivity contribution in [3.63, 3.8) is 0 Å². The molecule has 1 unspecified atom stereocenters. The highest BCUT2D eigenvalue weighted by Crippen LogP contribution is 2.37. The van der Waals surface area contributed by atoms with E-state index in [0.717, 1.165) is 5.56 Å². The summed E-state index contributed by atoms with van der Waals surface area (Å²) in [6.07, 6.45) is 0. The van der Waals surface area contributed by atoms with Gasteiger partial charge >= 0.3 is 0 Å². The third-order valence-corrected chi connectivity index (χ3v) is 6.72. The minimum absolute atomic E-state index is 0.0125. The predicted molar refractivity (Wildman–Crippen MR) is 148 cm³/mol. The first kappa shape index (κ1) is 27.4. The van der Waals surface area contributed by atoms with E-state index < -0.39 is 35.0 Å². The lowest BCUT2D eigenvalue weighted by molar-refractivity contribution is -0.185. The molecule has 0 saturated heterocycles. The standard InChI is InChI=1S/C32H26FN3O5/c1-21(37)35-32(30(39)34-19-22-12-15-26(33)16-13-22)28-17-14-25(24-10-6-3-7-11-24)18-27(28)29(38)36(31(32)40)41-20-23-8-4-2-5-9-23/h2-18H,19-20H2,1H3,(H,34,39)(H,35,37). The van der Waals surface area contributed by atoms with Crippen LogP contribution in [-0.2, 0) is 37.9 Å². The molecule has 0 spiro atoms. The maximum absolute atomic E-state index is 14.1. The molecule has 0 fully saturated rings. The molecule has 41 heavy (non-hydrogen) atoms. The fourth-order valence-electron chi connectivity index (χ4n) is 4.74. The van der Waals surface area contributed by atoms with E-state index >= 15 is 0 Å². The number of nitrogens with zero attached hydrogens (tertiary/aromatic N) is 1. The third-order valence-electron chi connectivity index (χ3n) is 6.72. The molecule has 1 aliphatic rings. The number of hydrogen-bond donors (Lipinski definition) is 2. The fraction of sp³-hybridized carbons (Fsp3) is 0.125. The molecule has 9 heteroatoms. The Bertz CT molecular complexity index is 1610. The number of fused-ring (bicyclic) bond motifs is 1. The van der Waals surface area contributed by atoms with Crippen LogP contribution in [0, 0.1) is 5.82 Å². The number of benzene rings is 4. The van der Waals surface area contributed by atoms with Crippen LogP contribution in [0.3, 0.4) is 0 Å². The molecule has 4 amide bonds. The Morgan fingerprint density at radius 2 is 1.49 bits per heavy atom. The number of imide groups is 1. The van der Waals surface area contributed by atoms with Crippen LogP contribution in [0.25, 0.3) is 11.1 Å². The van der Waals surface area contributed by atoms with Crippen LogP contribution >= 0.6 is 0 Å². The lowest BCUT2D eigenvalue weighted by atomic mass is 9.79. The summed E-state index contributed by atoms with van der Waals surface area (Å²) in [6.45, 7) is 0.968. The van der Waals surface area contributed by atoms with Crippen molar-refractivity contribution in [2.24, 2.45) is 0 Å². The molecule has 1 heterocycles. The van der Waals surface area contributed by atoms with Crippen LogP contribution in [0.4, 0.5) is 4.39 Å². The van der Waals surface area contributed by atoms with Crippen molar-refractivity contribution in [3.8, 4) is 11.1 Å². The minimum Gasteiger partial charge on any atom is -0.349 e. The lowest BCUT2D eigenvalue weighted by Gasteiger charge is -2.40. The second kappa shape index (κ2) is 11.5.